The molecule has 0 aliphatic carbocycles. The highest BCUT2D eigenvalue weighted by molar-refractivity contribution is 5.81. The zero-order valence-electron chi connectivity index (χ0n) is 37.7. The molecular weight excluding hydrogens is 808 g/mol. The van der Waals surface area contributed by atoms with Gasteiger partial charge in [-0.05, 0) is 0 Å². The lowest BCUT2D eigenvalue weighted by molar-refractivity contribution is -0.374. The molecule has 346 valence electrons. The summed E-state index contributed by atoms with van der Waals surface area (Å²) in [5, 5.41) is 0. The normalized spacial score (nSPS) is 24.0. The fourth-order valence-electron chi connectivity index (χ4n) is 5.29. The second-order valence-electron chi connectivity index (χ2n) is 16.6. The van der Waals surface area contributed by atoms with Gasteiger partial charge in [-0.15, -0.1) is 0 Å². The lowest BCUT2D eigenvalue weighted by Crippen LogP contribution is -2.65. The Hall–Kier alpha value is -4.46. The highest BCUT2D eigenvalue weighted by Crippen LogP contribution is 2.43. The molecule has 0 aromatic heterocycles. The van der Waals surface area contributed by atoms with Crippen molar-refractivity contribution in [2.75, 3.05) is 33.0 Å². The Morgan fingerprint density at radius 1 is 0.574 bits per heavy atom. The Bertz CT molecular complexity index is 1610. The van der Waals surface area contributed by atoms with Crippen molar-refractivity contribution in [3.63, 3.8) is 0 Å². The molecule has 61 heavy (non-hydrogen) atoms. The van der Waals surface area contributed by atoms with Gasteiger partial charge in [-0.2, -0.15) is 0 Å². The number of esters is 7. The quantitative estimate of drug-likeness (QED) is 0.112. The van der Waals surface area contributed by atoms with Gasteiger partial charge in [0.1, 0.15) is 44.7 Å². The molecule has 0 unspecified atom stereocenters. The maximum atomic E-state index is 13.5. The van der Waals surface area contributed by atoms with Gasteiger partial charge in [-0.1, -0.05) is 83.1 Å². The molecule has 0 spiro atoms. The van der Waals surface area contributed by atoms with Crippen molar-refractivity contribution in [1.29, 1.82) is 0 Å². The van der Waals surface area contributed by atoms with Crippen LogP contribution in [-0.2, 0) is 90.5 Å². The van der Waals surface area contributed by atoms with E-state index in [0.29, 0.717) is 0 Å². The Morgan fingerprint density at radius 3 is 1.57 bits per heavy atom. The summed E-state index contributed by atoms with van der Waals surface area (Å²) in [5.41, 5.74) is -0.0752. The van der Waals surface area contributed by atoms with Gasteiger partial charge in [0.25, 0.3) is 5.79 Å². The van der Waals surface area contributed by atoms with E-state index in [4.69, 9.17) is 52.1 Å². The third kappa shape index (κ3) is 15.4. The first kappa shape index (κ1) is 52.7. The maximum absolute atomic E-state index is 13.5. The molecule has 7 atom stereocenters. The maximum Gasteiger partial charge on any atom is 0.313 e. The zero-order chi connectivity index (χ0) is 46.5. The van der Waals surface area contributed by atoms with Crippen LogP contribution < -0.4 is 0 Å². The van der Waals surface area contributed by atoms with Crippen LogP contribution in [0.25, 0.3) is 0 Å². The van der Waals surface area contributed by atoms with E-state index in [9.17, 15) is 38.4 Å². The third-order valence-electron chi connectivity index (χ3n) is 9.05. The fourth-order valence-corrected chi connectivity index (χ4v) is 5.29. The van der Waals surface area contributed by atoms with Gasteiger partial charge in [0.2, 0.25) is 6.29 Å². The van der Waals surface area contributed by atoms with Crippen LogP contribution in [0.2, 0.25) is 0 Å². The number of ether oxygens (including phenoxy) is 11. The first-order valence-corrected chi connectivity index (χ1v) is 20.4. The van der Waals surface area contributed by atoms with Crippen LogP contribution in [-0.4, -0.2) is 123 Å². The highest BCUT2D eigenvalue weighted by atomic mass is 16.8. The second kappa shape index (κ2) is 23.7. The van der Waals surface area contributed by atoms with Crippen molar-refractivity contribution >= 4 is 47.6 Å². The average Bonchev–Trinajstić information content (AvgIpc) is 3.45. The van der Waals surface area contributed by atoms with Crippen LogP contribution >= 0.6 is 0 Å². The molecule has 2 aliphatic rings. The molecule has 0 saturated carbocycles. The Morgan fingerprint density at radius 2 is 1.08 bits per heavy atom. The average molecular weight is 873 g/mol. The number of hydrogen-bond acceptors (Lipinski definition) is 19. The van der Waals surface area contributed by atoms with Crippen molar-refractivity contribution in [3.05, 3.63) is 11.3 Å². The van der Waals surface area contributed by atoms with Crippen LogP contribution in [0.5, 0.6) is 0 Å². The number of rotatable bonds is 22. The summed E-state index contributed by atoms with van der Waals surface area (Å²) in [6.07, 6.45) is -9.66. The first-order valence-electron chi connectivity index (χ1n) is 20.4. The van der Waals surface area contributed by atoms with Gasteiger partial charge in [0, 0.05) is 25.3 Å². The topological polar surface area (TPSA) is 238 Å². The molecule has 19 heteroatoms. The lowest BCUT2D eigenvalue weighted by Gasteiger charge is -2.47. The standard InChI is InChI=1S/C42H64O19/c1-20(2)29(45)16-52-33-32(57-38(48)23(7)8)31(18-51-26(13)43)56-41(34(33)58-39(49)24(9)10)61-42(19-55-27(14)44)35(59-40(50)25(11)12)28(15-53-36(46)21(3)4)30(60-42)17-54-37(47)22(5)6/h20-25,30-34,41H,15-19H2,1-14H3/t30-,31-,32-,33+,34-,41-,42+/m1/s1. The summed E-state index contributed by atoms with van der Waals surface area (Å²) >= 11 is 0. The van der Waals surface area contributed by atoms with Crippen LogP contribution in [0.15, 0.2) is 11.3 Å². The molecule has 0 aromatic rings. The summed E-state index contributed by atoms with van der Waals surface area (Å²) in [6.45, 7) is 17.8. The van der Waals surface area contributed by atoms with E-state index < -0.39 is 159 Å². The molecule has 2 rings (SSSR count). The summed E-state index contributed by atoms with van der Waals surface area (Å²) in [5.74, 6) is -12.8. The molecule has 1 fully saturated rings. The molecule has 19 nitrogen and oxygen atoms in total. The lowest BCUT2D eigenvalue weighted by atomic mass is 9.97. The largest absolute Gasteiger partial charge is 0.463 e. The van der Waals surface area contributed by atoms with Crippen molar-refractivity contribution in [3.8, 4) is 0 Å². The van der Waals surface area contributed by atoms with E-state index >= 15 is 0 Å². The van der Waals surface area contributed by atoms with Crippen molar-refractivity contribution in [1.82, 2.24) is 0 Å². The van der Waals surface area contributed by atoms with Crippen molar-refractivity contribution in [2.24, 2.45) is 35.5 Å². The monoisotopic (exact) mass is 872 g/mol. The molecule has 0 N–H and O–H groups in total. The predicted molar refractivity (Wildman–Crippen MR) is 209 cm³/mol. The molecule has 0 radical (unpaired) electrons. The smallest absolute Gasteiger partial charge is 0.313 e. The third-order valence-corrected chi connectivity index (χ3v) is 9.05. The molecule has 2 aliphatic heterocycles. The number of Topliss-reactive ketones (excluding diaryl/α,β-unsaturated/α-hetero) is 1. The van der Waals surface area contributed by atoms with Gasteiger partial charge >= 0.3 is 41.8 Å². The summed E-state index contributed by atoms with van der Waals surface area (Å²) in [4.78, 5) is 103. The zero-order valence-corrected chi connectivity index (χ0v) is 37.7. The van der Waals surface area contributed by atoms with Crippen LogP contribution in [0.4, 0.5) is 0 Å². The van der Waals surface area contributed by atoms with Gasteiger partial charge in [0.05, 0.1) is 29.6 Å². The molecular formula is C42H64O19. The molecule has 0 amide bonds. The van der Waals surface area contributed by atoms with Gasteiger partial charge in [0.15, 0.2) is 30.4 Å². The Kier molecular flexibility index (Phi) is 20.4. The summed E-state index contributed by atoms with van der Waals surface area (Å²) < 4.78 is 65.2. The SMILES string of the molecule is CC(=O)OC[C@H]1O[C@H](O[C@]2(COC(C)=O)O[C@H](COC(=O)C(C)C)C(COC(=O)C(C)C)=C2OC(=O)C(C)C)[C@H](OC(=O)C(C)C)[C@@H](OCC(=O)C(C)C)[C@@H]1OC(=O)C(C)C. The number of carbonyl (C=O) groups excluding carboxylic acids is 8. The number of carbonyl (C=O) groups is 8. The van der Waals surface area contributed by atoms with Crippen LogP contribution in [0, 0.1) is 35.5 Å². The molecule has 1 saturated heterocycles. The van der Waals surface area contributed by atoms with Crippen LogP contribution in [0.1, 0.15) is 96.9 Å². The van der Waals surface area contributed by atoms with E-state index in [0.717, 1.165) is 13.8 Å². The molecule has 0 bridgehead atoms. The van der Waals surface area contributed by atoms with E-state index in [1.165, 1.54) is 27.7 Å². The Labute approximate surface area is 357 Å². The summed E-state index contributed by atoms with van der Waals surface area (Å²) in [7, 11) is 0. The van der Waals surface area contributed by atoms with Gasteiger partial charge in [-0.25, -0.2) is 0 Å². The molecule has 2 heterocycles. The number of ketones is 1. The minimum Gasteiger partial charge on any atom is -0.463 e. The minimum absolute atomic E-state index is 0.0752. The van der Waals surface area contributed by atoms with E-state index in [1.54, 1.807) is 55.4 Å². The second-order valence-corrected chi connectivity index (χ2v) is 16.6. The minimum atomic E-state index is -2.55. The van der Waals surface area contributed by atoms with E-state index in [2.05, 4.69) is 0 Å². The van der Waals surface area contributed by atoms with Gasteiger partial charge < -0.3 is 52.1 Å². The van der Waals surface area contributed by atoms with Gasteiger partial charge in [-0.3, -0.25) is 38.4 Å². The van der Waals surface area contributed by atoms with E-state index in [-0.39, 0.29) is 11.4 Å². The Balaban J connectivity index is 3.05. The predicted octanol–water partition coefficient (Wildman–Crippen LogP) is 3.55. The van der Waals surface area contributed by atoms with Crippen molar-refractivity contribution < 1.29 is 90.5 Å². The fraction of sp³-hybridized carbons (Fsp3) is 0.762. The van der Waals surface area contributed by atoms with Crippen LogP contribution in [0.3, 0.4) is 0 Å². The van der Waals surface area contributed by atoms with Crippen molar-refractivity contribution in [2.45, 2.75) is 140 Å². The first-order chi connectivity index (χ1) is 28.3. The number of hydrogen-bond donors (Lipinski definition) is 0. The van der Waals surface area contributed by atoms with E-state index in [1.807, 2.05) is 0 Å². The molecule has 0 aromatic carbocycles. The summed E-state index contributed by atoms with van der Waals surface area (Å²) in [6, 6.07) is 0. The highest BCUT2D eigenvalue weighted by Gasteiger charge is 2.60.